The molecule has 0 spiro atoms. The van der Waals surface area contributed by atoms with Gasteiger partial charge in [-0.15, -0.1) is 0 Å². The maximum Gasteiger partial charge on any atom is 0.270 e. The molecule has 118 valence electrons. The number of rotatable bonds is 5. The Morgan fingerprint density at radius 3 is 2.64 bits per heavy atom. The summed E-state index contributed by atoms with van der Waals surface area (Å²) in [5, 5.41) is 14.0. The van der Waals surface area contributed by atoms with Gasteiger partial charge in [0.2, 0.25) is 0 Å². The molecule has 3 rings (SSSR count). The molecule has 22 heavy (non-hydrogen) atoms. The first-order chi connectivity index (χ1) is 10.6. The molecule has 2 fully saturated rings. The minimum atomic E-state index is -0.450. The predicted octanol–water partition coefficient (Wildman–Crippen LogP) is 2.72. The molecule has 1 amide bonds. The maximum absolute atomic E-state index is 12.6. The van der Waals surface area contributed by atoms with Crippen LogP contribution in [-0.2, 0) is 0 Å². The summed E-state index contributed by atoms with van der Waals surface area (Å²) in [6.45, 7) is 3.80. The van der Waals surface area contributed by atoms with Crippen molar-refractivity contribution in [2.45, 2.75) is 38.6 Å². The highest BCUT2D eigenvalue weighted by atomic mass is 16.6. The van der Waals surface area contributed by atoms with E-state index in [0.29, 0.717) is 11.5 Å². The number of non-ortho nitro benzene ring substituents is 1. The Labute approximate surface area is 129 Å². The predicted molar refractivity (Wildman–Crippen MR) is 84.2 cm³/mol. The Morgan fingerprint density at radius 1 is 1.36 bits per heavy atom. The maximum atomic E-state index is 12.6. The number of nitro benzene ring substituents is 1. The normalized spacial score (nSPS) is 19.0. The van der Waals surface area contributed by atoms with E-state index in [4.69, 9.17) is 0 Å². The number of nitro groups is 1. The third-order valence-corrected chi connectivity index (χ3v) is 4.57. The van der Waals surface area contributed by atoms with Crippen LogP contribution in [0.15, 0.2) is 18.2 Å². The van der Waals surface area contributed by atoms with Crippen LogP contribution in [0.2, 0.25) is 0 Å². The number of hydrogen-bond acceptors (Lipinski definition) is 4. The van der Waals surface area contributed by atoms with Crippen LogP contribution in [0.25, 0.3) is 0 Å². The number of nitrogens with zero attached hydrogens (tertiary/aromatic N) is 2. The lowest BCUT2D eigenvalue weighted by atomic mass is 10.1. The summed E-state index contributed by atoms with van der Waals surface area (Å²) < 4.78 is 0. The average Bonchev–Trinajstić information content (AvgIpc) is 3.22. The van der Waals surface area contributed by atoms with Crippen LogP contribution in [0.4, 0.5) is 11.4 Å². The minimum absolute atomic E-state index is 0.0350. The molecular formula is C16H21N3O3. The van der Waals surface area contributed by atoms with E-state index < -0.39 is 4.92 Å². The van der Waals surface area contributed by atoms with Gasteiger partial charge in [-0.3, -0.25) is 14.9 Å². The molecule has 0 radical (unpaired) electrons. The van der Waals surface area contributed by atoms with E-state index in [1.807, 2.05) is 6.92 Å². The van der Waals surface area contributed by atoms with Crippen LogP contribution in [-0.4, -0.2) is 30.0 Å². The van der Waals surface area contributed by atoms with Gasteiger partial charge in [-0.1, -0.05) is 0 Å². The lowest BCUT2D eigenvalue weighted by Gasteiger charge is -2.22. The molecule has 6 nitrogen and oxygen atoms in total. The fourth-order valence-electron chi connectivity index (χ4n) is 3.05. The van der Waals surface area contributed by atoms with Crippen LogP contribution in [0.5, 0.6) is 0 Å². The second-order valence-corrected chi connectivity index (χ2v) is 6.25. The van der Waals surface area contributed by atoms with Gasteiger partial charge in [0.15, 0.2) is 0 Å². The highest BCUT2D eigenvalue weighted by Crippen LogP contribution is 2.33. The Hall–Kier alpha value is -2.11. The molecule has 1 saturated heterocycles. The van der Waals surface area contributed by atoms with Gasteiger partial charge >= 0.3 is 0 Å². The molecule has 1 unspecified atom stereocenters. The van der Waals surface area contributed by atoms with Gasteiger partial charge in [-0.2, -0.15) is 0 Å². The number of amides is 1. The highest BCUT2D eigenvalue weighted by molar-refractivity contribution is 6.00. The molecule has 1 aromatic rings. The van der Waals surface area contributed by atoms with Crippen molar-refractivity contribution in [3.8, 4) is 0 Å². The van der Waals surface area contributed by atoms with E-state index in [1.165, 1.54) is 12.1 Å². The number of hydrogen-bond donors (Lipinski definition) is 1. The monoisotopic (exact) mass is 303 g/mol. The molecule has 1 saturated carbocycles. The van der Waals surface area contributed by atoms with Crippen molar-refractivity contribution >= 4 is 17.3 Å². The average molecular weight is 303 g/mol. The zero-order valence-electron chi connectivity index (χ0n) is 12.7. The molecule has 0 bridgehead atoms. The minimum Gasteiger partial charge on any atom is -0.371 e. The molecule has 1 aliphatic carbocycles. The van der Waals surface area contributed by atoms with Gasteiger partial charge < -0.3 is 10.2 Å². The van der Waals surface area contributed by atoms with Crippen molar-refractivity contribution in [3.63, 3.8) is 0 Å². The summed E-state index contributed by atoms with van der Waals surface area (Å²) in [5.41, 5.74) is 1.19. The first-order valence-corrected chi connectivity index (χ1v) is 7.90. The Bertz CT molecular complexity index is 592. The molecule has 0 aromatic heterocycles. The molecule has 1 aliphatic heterocycles. The number of benzene rings is 1. The number of anilines is 1. The number of carbonyl (C=O) groups excluding carboxylic acids is 1. The molecule has 1 heterocycles. The molecule has 1 N–H and O–H groups in total. The Balaban J connectivity index is 1.88. The first-order valence-electron chi connectivity index (χ1n) is 7.90. The van der Waals surface area contributed by atoms with Crippen LogP contribution >= 0.6 is 0 Å². The third-order valence-electron chi connectivity index (χ3n) is 4.57. The van der Waals surface area contributed by atoms with Gasteiger partial charge in [0.1, 0.15) is 0 Å². The fraction of sp³-hybridized carbons (Fsp3) is 0.562. The smallest absolute Gasteiger partial charge is 0.270 e. The Kier molecular flexibility index (Phi) is 4.00. The fourth-order valence-corrected chi connectivity index (χ4v) is 3.05. The molecule has 6 heteroatoms. The van der Waals surface area contributed by atoms with Crippen molar-refractivity contribution in [3.05, 3.63) is 33.9 Å². The lowest BCUT2D eigenvalue weighted by Crippen LogP contribution is -2.35. The zero-order valence-corrected chi connectivity index (χ0v) is 12.7. The van der Waals surface area contributed by atoms with Crippen molar-refractivity contribution < 1.29 is 9.72 Å². The number of nitrogens with one attached hydrogen (secondary N) is 1. The second kappa shape index (κ2) is 5.94. The standard InChI is InChI=1S/C16H21N3O3/c1-11(12-4-5-12)17-16(20)14-10-13(19(21)22)6-7-15(14)18-8-2-3-9-18/h6-7,10-12H,2-5,8-9H2,1H3,(H,17,20). The van der Waals surface area contributed by atoms with Crippen molar-refractivity contribution in [2.24, 2.45) is 5.92 Å². The van der Waals surface area contributed by atoms with E-state index >= 15 is 0 Å². The summed E-state index contributed by atoms with van der Waals surface area (Å²) in [5.74, 6) is 0.350. The molecular weight excluding hydrogens is 282 g/mol. The first kappa shape index (κ1) is 14.8. The highest BCUT2D eigenvalue weighted by Gasteiger charge is 2.30. The van der Waals surface area contributed by atoms with Gasteiger partial charge in [-0.25, -0.2) is 0 Å². The summed E-state index contributed by atoms with van der Waals surface area (Å²) >= 11 is 0. The SMILES string of the molecule is CC(NC(=O)c1cc([N+](=O)[O-])ccc1N1CCCC1)C1CC1. The van der Waals surface area contributed by atoms with Crippen LogP contribution in [0.3, 0.4) is 0 Å². The lowest BCUT2D eigenvalue weighted by molar-refractivity contribution is -0.384. The molecule has 2 aliphatic rings. The summed E-state index contributed by atoms with van der Waals surface area (Å²) in [4.78, 5) is 25.3. The van der Waals surface area contributed by atoms with Gasteiger partial charge in [-0.05, 0) is 44.6 Å². The topological polar surface area (TPSA) is 75.5 Å². The van der Waals surface area contributed by atoms with Gasteiger partial charge in [0.25, 0.3) is 11.6 Å². The summed E-state index contributed by atoms with van der Waals surface area (Å²) in [6, 6.07) is 4.72. The van der Waals surface area contributed by atoms with E-state index in [-0.39, 0.29) is 17.6 Å². The molecule has 1 aromatic carbocycles. The van der Waals surface area contributed by atoms with Crippen LogP contribution < -0.4 is 10.2 Å². The van der Waals surface area contributed by atoms with E-state index in [1.54, 1.807) is 6.07 Å². The van der Waals surface area contributed by atoms with Crippen molar-refractivity contribution in [2.75, 3.05) is 18.0 Å². The van der Waals surface area contributed by atoms with Gasteiger partial charge in [0, 0.05) is 31.3 Å². The summed E-state index contributed by atoms with van der Waals surface area (Å²) in [7, 11) is 0. The van der Waals surface area contributed by atoms with E-state index in [2.05, 4.69) is 10.2 Å². The van der Waals surface area contributed by atoms with E-state index in [0.717, 1.165) is 44.5 Å². The van der Waals surface area contributed by atoms with E-state index in [9.17, 15) is 14.9 Å². The summed E-state index contributed by atoms with van der Waals surface area (Å²) in [6.07, 6.45) is 4.48. The second-order valence-electron chi connectivity index (χ2n) is 6.25. The zero-order chi connectivity index (χ0) is 15.7. The third kappa shape index (κ3) is 3.05. The quantitative estimate of drug-likeness (QED) is 0.670. The van der Waals surface area contributed by atoms with Crippen LogP contribution in [0.1, 0.15) is 43.0 Å². The number of carbonyl (C=O) groups is 1. The van der Waals surface area contributed by atoms with Gasteiger partial charge in [0.05, 0.1) is 16.2 Å². The largest absolute Gasteiger partial charge is 0.371 e. The Morgan fingerprint density at radius 2 is 2.05 bits per heavy atom. The van der Waals surface area contributed by atoms with Crippen molar-refractivity contribution in [1.29, 1.82) is 0 Å². The van der Waals surface area contributed by atoms with Crippen LogP contribution in [0, 0.1) is 16.0 Å². The van der Waals surface area contributed by atoms with Crippen molar-refractivity contribution in [1.82, 2.24) is 5.32 Å². The molecule has 1 atom stereocenters.